The predicted molar refractivity (Wildman–Crippen MR) is 104 cm³/mol. The van der Waals surface area contributed by atoms with E-state index in [1.807, 2.05) is 36.4 Å². The minimum absolute atomic E-state index is 0. The maximum atomic E-state index is 14.1. The zero-order valence-corrected chi connectivity index (χ0v) is 15.6. The molecule has 5 heteroatoms. The normalized spacial score (nSPS) is 19.0. The molecule has 0 spiro atoms. The van der Waals surface area contributed by atoms with Crippen molar-refractivity contribution in [1.82, 2.24) is 4.90 Å². The summed E-state index contributed by atoms with van der Waals surface area (Å²) in [5.74, 6) is 0.0297. The Kier molecular flexibility index (Phi) is 7.61. The summed E-state index contributed by atoms with van der Waals surface area (Å²) in [4.78, 5) is 15.0. The van der Waals surface area contributed by atoms with Crippen molar-refractivity contribution in [2.24, 2.45) is 17.6 Å². The van der Waals surface area contributed by atoms with Gasteiger partial charge in [0.1, 0.15) is 5.82 Å². The first-order valence-electron chi connectivity index (χ1n) is 8.95. The summed E-state index contributed by atoms with van der Waals surface area (Å²) in [7, 11) is 0. The first kappa shape index (κ1) is 20.4. The fourth-order valence-electron chi connectivity index (χ4n) is 3.73. The second-order valence-electron chi connectivity index (χ2n) is 6.80. The number of hydrogen-bond acceptors (Lipinski definition) is 2. The van der Waals surface area contributed by atoms with Gasteiger partial charge < -0.3 is 10.6 Å². The van der Waals surface area contributed by atoms with E-state index in [2.05, 4.69) is 0 Å². The van der Waals surface area contributed by atoms with Gasteiger partial charge in [0.15, 0.2) is 0 Å². The van der Waals surface area contributed by atoms with Gasteiger partial charge in [-0.3, -0.25) is 4.79 Å². The Morgan fingerprint density at radius 2 is 1.73 bits per heavy atom. The van der Waals surface area contributed by atoms with Gasteiger partial charge in [-0.2, -0.15) is 0 Å². The number of carbonyl (C=O) groups excluding carboxylic acids is 1. The second-order valence-corrected chi connectivity index (χ2v) is 6.80. The van der Waals surface area contributed by atoms with Crippen molar-refractivity contribution in [2.75, 3.05) is 6.54 Å². The molecular formula is C21H26ClFN2O. The molecule has 0 radical (unpaired) electrons. The van der Waals surface area contributed by atoms with Gasteiger partial charge >= 0.3 is 0 Å². The van der Waals surface area contributed by atoms with E-state index in [4.69, 9.17) is 5.73 Å². The molecule has 0 unspecified atom stereocenters. The van der Waals surface area contributed by atoms with E-state index in [0.717, 1.165) is 24.8 Å². The van der Waals surface area contributed by atoms with Gasteiger partial charge in [-0.05, 0) is 36.9 Å². The Balaban J connectivity index is 0.00000243. The van der Waals surface area contributed by atoms with Crippen LogP contribution in [-0.4, -0.2) is 17.4 Å². The van der Waals surface area contributed by atoms with Crippen LogP contribution >= 0.6 is 12.4 Å². The molecule has 3 rings (SSSR count). The van der Waals surface area contributed by atoms with Crippen LogP contribution in [0.15, 0.2) is 54.6 Å². The molecular weight excluding hydrogens is 351 g/mol. The number of hydrogen-bond donors (Lipinski definition) is 1. The summed E-state index contributed by atoms with van der Waals surface area (Å²) in [6.07, 6.45) is 2.92. The largest absolute Gasteiger partial charge is 0.334 e. The molecule has 140 valence electrons. The average Bonchev–Trinajstić information content (AvgIpc) is 3.12. The maximum Gasteiger partial charge on any atom is 0.226 e. The molecule has 26 heavy (non-hydrogen) atoms. The minimum atomic E-state index is -0.268. The number of amides is 1. The van der Waals surface area contributed by atoms with E-state index in [9.17, 15) is 9.18 Å². The zero-order chi connectivity index (χ0) is 17.6. The zero-order valence-electron chi connectivity index (χ0n) is 14.8. The lowest BCUT2D eigenvalue weighted by molar-refractivity contribution is -0.138. The number of carbonyl (C=O) groups is 1. The molecule has 1 aliphatic carbocycles. The third kappa shape index (κ3) is 4.83. The molecule has 0 aromatic heterocycles. The molecule has 2 aromatic carbocycles. The molecule has 1 amide bonds. The van der Waals surface area contributed by atoms with Crippen molar-refractivity contribution in [3.8, 4) is 0 Å². The summed E-state index contributed by atoms with van der Waals surface area (Å²) in [5, 5.41) is 0. The highest BCUT2D eigenvalue weighted by molar-refractivity contribution is 5.85. The van der Waals surface area contributed by atoms with Gasteiger partial charge in [0.05, 0.1) is 0 Å². The first-order chi connectivity index (χ1) is 12.2. The Bertz CT molecular complexity index is 710. The molecule has 0 bridgehead atoms. The Hall–Kier alpha value is -1.91. The molecule has 3 nitrogen and oxygen atoms in total. The predicted octanol–water partition coefficient (Wildman–Crippen LogP) is 4.15. The fourth-order valence-corrected chi connectivity index (χ4v) is 3.73. The van der Waals surface area contributed by atoms with Crippen LogP contribution in [0.4, 0.5) is 4.39 Å². The highest BCUT2D eigenvalue weighted by Crippen LogP contribution is 2.33. The molecule has 0 aliphatic heterocycles. The lowest BCUT2D eigenvalue weighted by Crippen LogP contribution is -2.38. The Labute approximate surface area is 160 Å². The van der Waals surface area contributed by atoms with Crippen LogP contribution in [0.25, 0.3) is 0 Å². The van der Waals surface area contributed by atoms with E-state index < -0.39 is 0 Å². The van der Waals surface area contributed by atoms with Crippen LogP contribution < -0.4 is 5.73 Å². The number of rotatable bonds is 6. The van der Waals surface area contributed by atoms with E-state index in [-0.39, 0.29) is 42.5 Å². The number of benzene rings is 2. The third-order valence-corrected chi connectivity index (χ3v) is 5.13. The maximum absolute atomic E-state index is 14.1. The van der Waals surface area contributed by atoms with Crippen LogP contribution in [0.3, 0.4) is 0 Å². The topological polar surface area (TPSA) is 46.3 Å². The van der Waals surface area contributed by atoms with Gasteiger partial charge in [0.2, 0.25) is 5.91 Å². The summed E-state index contributed by atoms with van der Waals surface area (Å²) < 4.78 is 14.1. The summed E-state index contributed by atoms with van der Waals surface area (Å²) in [6.45, 7) is 1.31. The van der Waals surface area contributed by atoms with Gasteiger partial charge in [-0.25, -0.2) is 4.39 Å². The Morgan fingerprint density at radius 1 is 1.04 bits per heavy atom. The molecule has 1 saturated carbocycles. The minimum Gasteiger partial charge on any atom is -0.334 e. The fraction of sp³-hybridized carbons (Fsp3) is 0.381. The molecule has 2 atom stereocenters. The summed E-state index contributed by atoms with van der Waals surface area (Å²) in [6, 6.07) is 16.5. The second kappa shape index (κ2) is 9.70. The lowest BCUT2D eigenvalue weighted by Gasteiger charge is -2.28. The third-order valence-electron chi connectivity index (χ3n) is 5.13. The summed E-state index contributed by atoms with van der Waals surface area (Å²) in [5.41, 5.74) is 7.46. The number of nitrogens with two attached hydrogens (primary N) is 1. The lowest BCUT2D eigenvalue weighted by atomic mass is 9.94. The molecule has 0 heterocycles. The van der Waals surface area contributed by atoms with Crippen molar-refractivity contribution >= 4 is 18.3 Å². The monoisotopic (exact) mass is 376 g/mol. The molecule has 2 aromatic rings. The average molecular weight is 377 g/mol. The van der Waals surface area contributed by atoms with E-state index in [1.165, 1.54) is 6.07 Å². The van der Waals surface area contributed by atoms with E-state index >= 15 is 0 Å². The molecule has 1 fully saturated rings. The SMILES string of the molecule is Cl.NC[C@H]1CCC[C@H]1C(=O)N(Cc1ccccc1)Cc1ccccc1F. The van der Waals surface area contributed by atoms with Crippen molar-refractivity contribution in [3.05, 3.63) is 71.5 Å². The standard InChI is InChI=1S/C21H25FN2O.ClH/c22-20-12-5-4-9-18(20)15-24(14-16-7-2-1-3-8-16)21(25)19-11-6-10-17(19)13-23;/h1-5,7-9,12,17,19H,6,10-11,13-15,23H2;1H/t17-,19-;/m1./s1. The number of halogens is 2. The van der Waals surface area contributed by atoms with Crippen LogP contribution in [-0.2, 0) is 17.9 Å². The van der Waals surface area contributed by atoms with Crippen molar-refractivity contribution in [3.63, 3.8) is 0 Å². The highest BCUT2D eigenvalue weighted by atomic mass is 35.5. The van der Waals surface area contributed by atoms with Crippen molar-refractivity contribution in [2.45, 2.75) is 32.4 Å². The van der Waals surface area contributed by atoms with Crippen molar-refractivity contribution < 1.29 is 9.18 Å². The van der Waals surface area contributed by atoms with Crippen LogP contribution in [0, 0.1) is 17.7 Å². The molecule has 2 N–H and O–H groups in total. The van der Waals surface area contributed by atoms with E-state index in [1.54, 1.807) is 17.0 Å². The van der Waals surface area contributed by atoms with Gasteiger partial charge in [-0.15, -0.1) is 12.4 Å². The molecule has 0 saturated heterocycles. The van der Waals surface area contributed by atoms with E-state index in [0.29, 0.717) is 18.7 Å². The van der Waals surface area contributed by atoms with Gasteiger partial charge in [-0.1, -0.05) is 55.0 Å². The number of nitrogens with zero attached hydrogens (tertiary/aromatic N) is 1. The quantitative estimate of drug-likeness (QED) is 0.823. The van der Waals surface area contributed by atoms with Crippen molar-refractivity contribution in [1.29, 1.82) is 0 Å². The Morgan fingerprint density at radius 3 is 2.42 bits per heavy atom. The first-order valence-corrected chi connectivity index (χ1v) is 8.95. The van der Waals surface area contributed by atoms with Gasteiger partial charge in [0.25, 0.3) is 0 Å². The highest BCUT2D eigenvalue weighted by Gasteiger charge is 2.34. The van der Waals surface area contributed by atoms with Crippen LogP contribution in [0.2, 0.25) is 0 Å². The molecule has 1 aliphatic rings. The van der Waals surface area contributed by atoms with Crippen LogP contribution in [0.1, 0.15) is 30.4 Å². The van der Waals surface area contributed by atoms with Gasteiger partial charge in [0, 0.05) is 24.6 Å². The smallest absolute Gasteiger partial charge is 0.226 e. The van der Waals surface area contributed by atoms with Crippen LogP contribution in [0.5, 0.6) is 0 Å². The summed E-state index contributed by atoms with van der Waals surface area (Å²) >= 11 is 0.